The van der Waals surface area contributed by atoms with Crippen molar-refractivity contribution in [3.8, 4) is 0 Å². The van der Waals surface area contributed by atoms with Gasteiger partial charge in [0.1, 0.15) is 0 Å². The predicted molar refractivity (Wildman–Crippen MR) is 84.6 cm³/mol. The molecule has 2 atom stereocenters. The summed E-state index contributed by atoms with van der Waals surface area (Å²) in [6, 6.07) is 7.47. The van der Waals surface area contributed by atoms with Crippen LogP contribution < -0.4 is 10.0 Å². The fourth-order valence-electron chi connectivity index (χ4n) is 2.42. The van der Waals surface area contributed by atoms with Crippen LogP contribution in [0.3, 0.4) is 0 Å². The Labute approximate surface area is 125 Å². The van der Waals surface area contributed by atoms with E-state index >= 15 is 0 Å². The van der Waals surface area contributed by atoms with Crippen molar-refractivity contribution in [3.05, 3.63) is 29.8 Å². The molecule has 0 radical (unpaired) electrons. The molecule has 6 heteroatoms. The summed E-state index contributed by atoms with van der Waals surface area (Å²) in [4.78, 5) is 0.362. The number of nitrogens with one attached hydrogen (secondary N) is 2. The van der Waals surface area contributed by atoms with Gasteiger partial charge < -0.3 is 5.32 Å². The Morgan fingerprint density at radius 3 is 2.85 bits per heavy atom. The van der Waals surface area contributed by atoms with E-state index in [0.29, 0.717) is 4.90 Å². The molecule has 1 heterocycles. The topological polar surface area (TPSA) is 58.2 Å². The van der Waals surface area contributed by atoms with E-state index in [-0.39, 0.29) is 12.1 Å². The maximum absolute atomic E-state index is 12.4. The SMILES string of the molecule is CCC(NC)c1cccc(S(=O)(=O)NC2CCSC2)c1. The van der Waals surface area contributed by atoms with Crippen LogP contribution in [0.1, 0.15) is 31.4 Å². The summed E-state index contributed by atoms with van der Waals surface area (Å²) < 4.78 is 27.6. The van der Waals surface area contributed by atoms with Gasteiger partial charge in [0.05, 0.1) is 4.90 Å². The molecule has 2 rings (SSSR count). The van der Waals surface area contributed by atoms with Gasteiger partial charge in [0.25, 0.3) is 0 Å². The van der Waals surface area contributed by atoms with Crippen LogP contribution in [0.5, 0.6) is 0 Å². The number of rotatable bonds is 6. The molecule has 1 fully saturated rings. The molecule has 2 unspecified atom stereocenters. The molecule has 0 spiro atoms. The molecule has 0 aliphatic carbocycles. The van der Waals surface area contributed by atoms with E-state index in [9.17, 15) is 8.42 Å². The first-order chi connectivity index (χ1) is 9.56. The van der Waals surface area contributed by atoms with Crippen LogP contribution in [0.25, 0.3) is 0 Å². The lowest BCUT2D eigenvalue weighted by Gasteiger charge is -2.16. The molecule has 0 aromatic heterocycles. The Bertz CT molecular complexity index is 536. The lowest BCUT2D eigenvalue weighted by Crippen LogP contribution is -2.34. The van der Waals surface area contributed by atoms with Gasteiger partial charge >= 0.3 is 0 Å². The second-order valence-electron chi connectivity index (χ2n) is 5.00. The third-order valence-electron chi connectivity index (χ3n) is 3.58. The van der Waals surface area contributed by atoms with Gasteiger partial charge in [-0.3, -0.25) is 0 Å². The lowest BCUT2D eigenvalue weighted by molar-refractivity contribution is 0.559. The summed E-state index contributed by atoms with van der Waals surface area (Å²) >= 11 is 1.80. The molecule has 0 amide bonds. The Morgan fingerprint density at radius 1 is 1.45 bits per heavy atom. The first kappa shape index (κ1) is 15.8. The average molecular weight is 314 g/mol. The van der Waals surface area contributed by atoms with E-state index in [4.69, 9.17) is 0 Å². The van der Waals surface area contributed by atoms with Crippen LogP contribution in [0.4, 0.5) is 0 Å². The third-order valence-corrected chi connectivity index (χ3v) is 6.26. The Morgan fingerprint density at radius 2 is 2.25 bits per heavy atom. The molecule has 20 heavy (non-hydrogen) atoms. The molecule has 4 nitrogen and oxygen atoms in total. The highest BCUT2D eigenvalue weighted by Gasteiger charge is 2.23. The molecule has 0 bridgehead atoms. The molecular formula is C14H22N2O2S2. The highest BCUT2D eigenvalue weighted by atomic mass is 32.2. The van der Waals surface area contributed by atoms with Crippen molar-refractivity contribution in [1.29, 1.82) is 0 Å². The maximum atomic E-state index is 12.4. The highest BCUT2D eigenvalue weighted by molar-refractivity contribution is 7.99. The Hall–Kier alpha value is -0.560. The largest absolute Gasteiger partial charge is 0.313 e. The monoisotopic (exact) mass is 314 g/mol. The molecular weight excluding hydrogens is 292 g/mol. The molecule has 1 saturated heterocycles. The number of hydrogen-bond donors (Lipinski definition) is 2. The van der Waals surface area contributed by atoms with Gasteiger partial charge in [-0.05, 0) is 43.3 Å². The quantitative estimate of drug-likeness (QED) is 0.844. The van der Waals surface area contributed by atoms with E-state index in [1.54, 1.807) is 23.9 Å². The van der Waals surface area contributed by atoms with Crippen LogP contribution in [0.15, 0.2) is 29.2 Å². The minimum absolute atomic E-state index is 0.0694. The van der Waals surface area contributed by atoms with Crippen molar-refractivity contribution in [2.24, 2.45) is 0 Å². The van der Waals surface area contributed by atoms with Crippen molar-refractivity contribution in [1.82, 2.24) is 10.0 Å². The summed E-state index contributed by atoms with van der Waals surface area (Å²) in [5, 5.41) is 3.20. The summed E-state index contributed by atoms with van der Waals surface area (Å²) in [5.41, 5.74) is 1.01. The van der Waals surface area contributed by atoms with E-state index in [2.05, 4.69) is 17.0 Å². The van der Waals surface area contributed by atoms with Crippen molar-refractivity contribution in [3.63, 3.8) is 0 Å². The summed E-state index contributed by atoms with van der Waals surface area (Å²) in [6.45, 7) is 2.08. The fourth-order valence-corrected chi connectivity index (χ4v) is 5.00. The summed E-state index contributed by atoms with van der Waals surface area (Å²) in [5.74, 6) is 1.90. The first-order valence-corrected chi connectivity index (χ1v) is 9.58. The predicted octanol–water partition coefficient (Wildman–Crippen LogP) is 2.14. The minimum atomic E-state index is -3.41. The van der Waals surface area contributed by atoms with Gasteiger partial charge in [0.2, 0.25) is 10.0 Å². The molecule has 1 aliphatic rings. The normalized spacial score (nSPS) is 21.0. The fraction of sp³-hybridized carbons (Fsp3) is 0.571. The van der Waals surface area contributed by atoms with E-state index in [1.165, 1.54) is 0 Å². The van der Waals surface area contributed by atoms with Gasteiger partial charge in [-0.25, -0.2) is 13.1 Å². The van der Waals surface area contributed by atoms with E-state index in [0.717, 1.165) is 29.9 Å². The minimum Gasteiger partial charge on any atom is -0.313 e. The van der Waals surface area contributed by atoms with Crippen molar-refractivity contribution >= 4 is 21.8 Å². The summed E-state index contributed by atoms with van der Waals surface area (Å²) in [7, 11) is -1.52. The zero-order chi connectivity index (χ0) is 14.6. The van der Waals surface area contributed by atoms with Crippen LogP contribution in [-0.4, -0.2) is 33.0 Å². The van der Waals surface area contributed by atoms with E-state index in [1.807, 2.05) is 19.2 Å². The highest BCUT2D eigenvalue weighted by Crippen LogP contribution is 2.22. The van der Waals surface area contributed by atoms with Gasteiger partial charge in [-0.1, -0.05) is 19.1 Å². The first-order valence-electron chi connectivity index (χ1n) is 6.94. The Balaban J connectivity index is 2.20. The van der Waals surface area contributed by atoms with Crippen molar-refractivity contribution in [2.45, 2.75) is 36.7 Å². The zero-order valence-corrected chi connectivity index (χ0v) is 13.6. The molecule has 1 aliphatic heterocycles. The number of hydrogen-bond acceptors (Lipinski definition) is 4. The van der Waals surface area contributed by atoms with Crippen molar-refractivity contribution in [2.75, 3.05) is 18.6 Å². The maximum Gasteiger partial charge on any atom is 0.240 e. The molecule has 1 aromatic carbocycles. The van der Waals surface area contributed by atoms with Crippen LogP contribution >= 0.6 is 11.8 Å². The molecule has 0 saturated carbocycles. The Kier molecular flexibility index (Phi) is 5.49. The third kappa shape index (κ3) is 3.75. The molecule has 2 N–H and O–H groups in total. The standard InChI is InChI=1S/C14H22N2O2S2/c1-3-14(15-2)11-5-4-6-13(9-11)20(17,18)16-12-7-8-19-10-12/h4-6,9,12,14-16H,3,7-8,10H2,1-2H3. The number of thioether (sulfide) groups is 1. The van der Waals surface area contributed by atoms with Crippen molar-refractivity contribution < 1.29 is 8.42 Å². The van der Waals surface area contributed by atoms with Gasteiger partial charge in [0.15, 0.2) is 0 Å². The van der Waals surface area contributed by atoms with Gasteiger partial charge in [0, 0.05) is 17.8 Å². The second-order valence-corrected chi connectivity index (χ2v) is 7.87. The smallest absolute Gasteiger partial charge is 0.240 e. The van der Waals surface area contributed by atoms with Crippen LogP contribution in [0, 0.1) is 0 Å². The second kappa shape index (κ2) is 6.93. The van der Waals surface area contributed by atoms with Crippen LogP contribution in [0.2, 0.25) is 0 Å². The van der Waals surface area contributed by atoms with Gasteiger partial charge in [-0.2, -0.15) is 11.8 Å². The van der Waals surface area contributed by atoms with Gasteiger partial charge in [-0.15, -0.1) is 0 Å². The van der Waals surface area contributed by atoms with E-state index < -0.39 is 10.0 Å². The zero-order valence-electron chi connectivity index (χ0n) is 11.9. The number of benzene rings is 1. The van der Waals surface area contributed by atoms with Crippen LogP contribution in [-0.2, 0) is 10.0 Å². The average Bonchev–Trinajstić information content (AvgIpc) is 2.93. The lowest BCUT2D eigenvalue weighted by atomic mass is 10.1. The molecule has 112 valence electrons. The molecule has 1 aromatic rings. The summed E-state index contributed by atoms with van der Waals surface area (Å²) in [6.07, 6.45) is 1.84. The number of sulfonamides is 1.